The largest absolute Gasteiger partial charge is 0.493 e. The van der Waals surface area contributed by atoms with Gasteiger partial charge in [0.05, 0.1) is 13.2 Å². The summed E-state index contributed by atoms with van der Waals surface area (Å²) in [5.74, 6) is 2.45. The molecule has 0 spiro atoms. The van der Waals surface area contributed by atoms with Gasteiger partial charge in [-0.05, 0) is 30.5 Å². The van der Waals surface area contributed by atoms with Crippen LogP contribution < -0.4 is 10.1 Å². The summed E-state index contributed by atoms with van der Waals surface area (Å²) in [6.07, 6.45) is 0. The number of carbonyl (C=O) groups is 1. The van der Waals surface area contributed by atoms with Crippen molar-refractivity contribution in [2.75, 3.05) is 39.3 Å². The fourth-order valence-corrected chi connectivity index (χ4v) is 2.82. The van der Waals surface area contributed by atoms with Gasteiger partial charge < -0.3 is 19.9 Å². The number of hydrogen-bond acceptors (Lipinski definition) is 3. The summed E-state index contributed by atoms with van der Waals surface area (Å²) in [5, 5.41) is 3.36. The average molecular weight is 361 g/mol. The lowest BCUT2D eigenvalue weighted by atomic mass is 10.2. The number of hydrogen-bond donors (Lipinski definition) is 1. The molecule has 2 rings (SSSR count). The number of nitrogens with zero attached hydrogens (tertiary/aromatic N) is 3. The van der Waals surface area contributed by atoms with Gasteiger partial charge in [0.25, 0.3) is 0 Å². The van der Waals surface area contributed by atoms with E-state index in [1.54, 1.807) is 6.92 Å². The second kappa shape index (κ2) is 10.0. The van der Waals surface area contributed by atoms with Crippen molar-refractivity contribution in [1.29, 1.82) is 0 Å². The number of nitrogens with one attached hydrogen (secondary N) is 1. The van der Waals surface area contributed by atoms with Crippen LogP contribution in [0.2, 0.25) is 0 Å². The Kier molecular flexibility index (Phi) is 7.75. The van der Waals surface area contributed by atoms with Gasteiger partial charge in [0.15, 0.2) is 5.96 Å². The zero-order valence-electron chi connectivity index (χ0n) is 16.5. The predicted octanol–water partition coefficient (Wildman–Crippen LogP) is 2.35. The van der Waals surface area contributed by atoms with Crippen molar-refractivity contribution in [2.45, 2.75) is 34.2 Å². The Morgan fingerprint density at radius 3 is 2.54 bits per heavy atom. The van der Waals surface area contributed by atoms with Crippen LogP contribution in [-0.2, 0) is 11.3 Å². The van der Waals surface area contributed by atoms with E-state index >= 15 is 0 Å². The van der Waals surface area contributed by atoms with Crippen LogP contribution in [0, 0.1) is 5.92 Å². The van der Waals surface area contributed by atoms with E-state index in [2.05, 4.69) is 43.1 Å². The first kappa shape index (κ1) is 20.1. The van der Waals surface area contributed by atoms with Crippen molar-refractivity contribution < 1.29 is 9.53 Å². The quantitative estimate of drug-likeness (QED) is 0.625. The summed E-state index contributed by atoms with van der Waals surface area (Å²) in [6.45, 7) is 13.2. The molecule has 0 atom stereocenters. The fraction of sp³-hybridized carbons (Fsp3) is 0.600. The molecule has 1 aliphatic heterocycles. The molecule has 1 amide bonds. The molecule has 6 nitrogen and oxygen atoms in total. The van der Waals surface area contributed by atoms with Crippen LogP contribution in [0.3, 0.4) is 0 Å². The van der Waals surface area contributed by atoms with Crippen LogP contribution in [0.1, 0.15) is 33.3 Å². The van der Waals surface area contributed by atoms with Crippen LogP contribution in [0.15, 0.2) is 29.3 Å². The molecular weight excluding hydrogens is 328 g/mol. The van der Waals surface area contributed by atoms with Crippen LogP contribution in [0.4, 0.5) is 0 Å². The lowest BCUT2D eigenvalue weighted by molar-refractivity contribution is -0.130. The molecule has 1 N–H and O–H groups in total. The third-order valence-corrected chi connectivity index (χ3v) is 4.25. The third kappa shape index (κ3) is 6.24. The molecule has 1 heterocycles. The van der Waals surface area contributed by atoms with Gasteiger partial charge in [-0.3, -0.25) is 4.79 Å². The van der Waals surface area contributed by atoms with Crippen LogP contribution in [0.5, 0.6) is 5.75 Å². The second-order valence-corrected chi connectivity index (χ2v) is 7.02. The minimum absolute atomic E-state index is 0.143. The summed E-state index contributed by atoms with van der Waals surface area (Å²) in [5.41, 5.74) is 1.13. The highest BCUT2D eigenvalue weighted by molar-refractivity contribution is 5.80. The number of guanidine groups is 1. The Hall–Kier alpha value is -2.24. The van der Waals surface area contributed by atoms with Gasteiger partial charge >= 0.3 is 0 Å². The van der Waals surface area contributed by atoms with E-state index in [0.717, 1.165) is 56.6 Å². The Bertz CT molecular complexity index is 608. The number of carbonyl (C=O) groups excluding carboxylic acids is 1. The first-order valence-electron chi connectivity index (χ1n) is 9.50. The molecule has 0 aromatic heterocycles. The highest BCUT2D eigenvalue weighted by Crippen LogP contribution is 2.15. The van der Waals surface area contributed by atoms with Crippen molar-refractivity contribution in [3.8, 4) is 5.75 Å². The lowest BCUT2D eigenvalue weighted by Crippen LogP contribution is -2.53. The predicted molar refractivity (Wildman–Crippen MR) is 105 cm³/mol. The number of ether oxygens (including phenoxy) is 1. The van der Waals surface area contributed by atoms with E-state index in [1.807, 2.05) is 17.0 Å². The maximum Gasteiger partial charge on any atom is 0.219 e. The van der Waals surface area contributed by atoms with Gasteiger partial charge in [0.2, 0.25) is 5.91 Å². The first-order chi connectivity index (χ1) is 12.5. The average Bonchev–Trinajstić information content (AvgIpc) is 2.64. The minimum atomic E-state index is 0.143. The van der Waals surface area contributed by atoms with Crippen molar-refractivity contribution in [3.05, 3.63) is 29.8 Å². The summed E-state index contributed by atoms with van der Waals surface area (Å²) in [6, 6.07) is 8.13. The van der Waals surface area contributed by atoms with E-state index in [1.165, 1.54) is 0 Å². The molecule has 144 valence electrons. The SMILES string of the molecule is CCNC(=NCc1cccc(OCC(C)C)c1)N1CCN(C(C)=O)CC1. The molecule has 0 bridgehead atoms. The molecule has 1 aliphatic rings. The molecular formula is C20H32N4O2. The van der Waals surface area contributed by atoms with Crippen LogP contribution >= 0.6 is 0 Å². The maximum absolute atomic E-state index is 11.5. The number of rotatable bonds is 6. The Labute approximate surface area is 157 Å². The van der Waals surface area contributed by atoms with E-state index in [4.69, 9.17) is 9.73 Å². The molecule has 0 radical (unpaired) electrons. The lowest BCUT2D eigenvalue weighted by Gasteiger charge is -2.36. The molecule has 0 saturated carbocycles. The number of aliphatic imine (C=N–C) groups is 1. The van der Waals surface area contributed by atoms with Gasteiger partial charge in [-0.15, -0.1) is 0 Å². The Morgan fingerprint density at radius 1 is 1.23 bits per heavy atom. The van der Waals surface area contributed by atoms with Gasteiger partial charge in [-0.25, -0.2) is 4.99 Å². The summed E-state index contributed by atoms with van der Waals surface area (Å²) in [7, 11) is 0. The number of piperazine rings is 1. The van der Waals surface area contributed by atoms with Gasteiger partial charge in [0, 0.05) is 39.6 Å². The van der Waals surface area contributed by atoms with Crippen LogP contribution in [-0.4, -0.2) is 61.0 Å². The molecule has 0 unspecified atom stereocenters. The van der Waals surface area contributed by atoms with Gasteiger partial charge in [-0.1, -0.05) is 26.0 Å². The molecule has 6 heteroatoms. The van der Waals surface area contributed by atoms with Gasteiger partial charge in [-0.2, -0.15) is 0 Å². The highest BCUT2D eigenvalue weighted by Gasteiger charge is 2.20. The van der Waals surface area contributed by atoms with E-state index in [-0.39, 0.29) is 5.91 Å². The molecule has 1 aromatic rings. The monoisotopic (exact) mass is 360 g/mol. The van der Waals surface area contributed by atoms with Crippen molar-refractivity contribution >= 4 is 11.9 Å². The zero-order chi connectivity index (χ0) is 18.9. The number of benzene rings is 1. The van der Waals surface area contributed by atoms with Crippen molar-refractivity contribution in [3.63, 3.8) is 0 Å². The molecule has 1 aromatic carbocycles. The van der Waals surface area contributed by atoms with E-state index in [0.29, 0.717) is 12.5 Å². The molecule has 1 fully saturated rings. The van der Waals surface area contributed by atoms with Crippen LogP contribution in [0.25, 0.3) is 0 Å². The third-order valence-electron chi connectivity index (χ3n) is 4.25. The van der Waals surface area contributed by atoms with E-state index < -0.39 is 0 Å². The standard InChI is InChI=1S/C20H32N4O2/c1-5-21-20(24-11-9-23(10-12-24)17(4)25)22-14-18-7-6-8-19(13-18)26-15-16(2)3/h6-8,13,16H,5,9-12,14-15H2,1-4H3,(H,21,22). The molecule has 0 aliphatic carbocycles. The number of amides is 1. The molecule has 1 saturated heterocycles. The first-order valence-corrected chi connectivity index (χ1v) is 9.50. The zero-order valence-corrected chi connectivity index (χ0v) is 16.5. The minimum Gasteiger partial charge on any atom is -0.493 e. The maximum atomic E-state index is 11.5. The fourth-order valence-electron chi connectivity index (χ4n) is 2.82. The van der Waals surface area contributed by atoms with Crippen molar-refractivity contribution in [2.24, 2.45) is 10.9 Å². The smallest absolute Gasteiger partial charge is 0.219 e. The van der Waals surface area contributed by atoms with E-state index in [9.17, 15) is 4.79 Å². The Morgan fingerprint density at radius 2 is 1.92 bits per heavy atom. The second-order valence-electron chi connectivity index (χ2n) is 7.02. The molecule has 26 heavy (non-hydrogen) atoms. The summed E-state index contributed by atoms with van der Waals surface area (Å²) < 4.78 is 5.80. The normalized spacial score (nSPS) is 15.3. The highest BCUT2D eigenvalue weighted by atomic mass is 16.5. The summed E-state index contributed by atoms with van der Waals surface area (Å²) in [4.78, 5) is 20.4. The Balaban J connectivity index is 1.98. The summed E-state index contributed by atoms with van der Waals surface area (Å²) >= 11 is 0. The topological polar surface area (TPSA) is 57.2 Å². The van der Waals surface area contributed by atoms with Crippen molar-refractivity contribution in [1.82, 2.24) is 15.1 Å². The van der Waals surface area contributed by atoms with Gasteiger partial charge in [0.1, 0.15) is 5.75 Å².